The third-order valence-electron chi connectivity index (χ3n) is 12.7. The molecule has 0 amide bonds. The van der Waals surface area contributed by atoms with E-state index >= 15 is 0 Å². The normalized spacial score (nSPS) is 12.7. The van der Waals surface area contributed by atoms with E-state index in [2.05, 4.69) is 93.7 Å². The van der Waals surface area contributed by atoms with Gasteiger partial charge in [0.1, 0.15) is 6.61 Å². The number of esters is 2. The summed E-state index contributed by atoms with van der Waals surface area (Å²) in [7, 11) is 0. The molecule has 394 valence electrons. The van der Waals surface area contributed by atoms with Crippen LogP contribution in [0.3, 0.4) is 0 Å². The van der Waals surface area contributed by atoms with Crippen LogP contribution < -0.4 is 0 Å². The SMILES string of the molecule is CC/C=C\C/C=C\C/C=C\CCCCCCCC(=O)OC(COCCCCCCCCCCCC/C=C\CCCCCCCC)COC(=O)CCCCCCCCC/C=C\C/C=C\CCCCC. The van der Waals surface area contributed by atoms with Crippen molar-refractivity contribution in [2.45, 2.75) is 297 Å². The number of unbranched alkanes of at least 4 members (excludes halogenated alkanes) is 31. The summed E-state index contributed by atoms with van der Waals surface area (Å²) in [6.07, 6.45) is 76.4. The molecule has 0 fully saturated rings. The van der Waals surface area contributed by atoms with Crippen LogP contribution in [0.1, 0.15) is 290 Å². The van der Waals surface area contributed by atoms with E-state index < -0.39 is 6.10 Å². The zero-order valence-electron chi connectivity index (χ0n) is 45.4. The minimum absolute atomic E-state index is 0.0729. The minimum Gasteiger partial charge on any atom is -0.462 e. The smallest absolute Gasteiger partial charge is 0.306 e. The third-order valence-corrected chi connectivity index (χ3v) is 12.7. The first-order valence-corrected chi connectivity index (χ1v) is 29.5. The van der Waals surface area contributed by atoms with Crippen LogP contribution in [0.5, 0.6) is 0 Å². The molecule has 0 spiro atoms. The molecule has 0 aliphatic rings. The number of rotatable bonds is 54. The lowest BCUT2D eigenvalue weighted by Crippen LogP contribution is -2.30. The largest absolute Gasteiger partial charge is 0.462 e. The monoisotopic (exact) mass is 949 g/mol. The van der Waals surface area contributed by atoms with Crippen molar-refractivity contribution in [2.24, 2.45) is 0 Å². The van der Waals surface area contributed by atoms with Gasteiger partial charge < -0.3 is 14.2 Å². The van der Waals surface area contributed by atoms with E-state index in [4.69, 9.17) is 14.2 Å². The molecule has 68 heavy (non-hydrogen) atoms. The molecule has 0 saturated carbocycles. The molecule has 0 radical (unpaired) electrons. The zero-order valence-corrected chi connectivity index (χ0v) is 45.4. The van der Waals surface area contributed by atoms with Gasteiger partial charge in [-0.25, -0.2) is 0 Å². The van der Waals surface area contributed by atoms with E-state index in [0.29, 0.717) is 19.4 Å². The standard InChI is InChI=1S/C63H112O5/c1-4-7-10-13-16-19-22-25-28-30-31-32-34-37-40-43-46-49-52-55-58-66-59-61(68-63(65)57-54-51-48-45-42-39-35-27-24-21-18-15-12-9-6-3)60-67-62(64)56-53-50-47-44-41-38-36-33-29-26-23-20-17-14-11-8-5-2/h9,12,17-18,20-21,25-29,35,61H,4-8,10-11,13-16,19,22-24,30-34,36-60H2,1-3H3/b12-9-,20-17-,21-18-,28-25-,29-26-,35-27-. The van der Waals surface area contributed by atoms with Crippen LogP contribution in [0.15, 0.2) is 72.9 Å². The van der Waals surface area contributed by atoms with Gasteiger partial charge in [0.25, 0.3) is 0 Å². The molecular weight excluding hydrogens is 837 g/mol. The Bertz CT molecular complexity index is 1210. The fourth-order valence-electron chi connectivity index (χ4n) is 8.32. The quantitative estimate of drug-likeness (QED) is 0.0345. The maximum atomic E-state index is 12.9. The number of ether oxygens (including phenoxy) is 3. The lowest BCUT2D eigenvalue weighted by atomic mass is 10.1. The Balaban J connectivity index is 4.28. The molecule has 0 N–H and O–H groups in total. The van der Waals surface area contributed by atoms with Crippen LogP contribution in [-0.4, -0.2) is 37.9 Å². The molecule has 0 rings (SSSR count). The Labute approximate surface area is 423 Å². The number of hydrogen-bond acceptors (Lipinski definition) is 5. The second kappa shape index (κ2) is 58.7. The van der Waals surface area contributed by atoms with Gasteiger partial charge in [-0.3, -0.25) is 9.59 Å². The first-order chi connectivity index (χ1) is 33.6. The highest BCUT2D eigenvalue weighted by Crippen LogP contribution is 2.15. The minimum atomic E-state index is -0.552. The summed E-state index contributed by atoms with van der Waals surface area (Å²) >= 11 is 0. The molecule has 5 heteroatoms. The molecular formula is C63H112O5. The van der Waals surface area contributed by atoms with E-state index in [9.17, 15) is 9.59 Å². The molecule has 1 unspecified atom stereocenters. The Morgan fingerprint density at radius 2 is 0.662 bits per heavy atom. The van der Waals surface area contributed by atoms with Crippen LogP contribution in [0.2, 0.25) is 0 Å². The molecule has 0 aliphatic heterocycles. The van der Waals surface area contributed by atoms with Crippen molar-refractivity contribution in [2.75, 3.05) is 19.8 Å². The lowest BCUT2D eigenvalue weighted by molar-refractivity contribution is -0.163. The Morgan fingerprint density at radius 1 is 0.338 bits per heavy atom. The summed E-state index contributed by atoms with van der Waals surface area (Å²) in [4.78, 5) is 25.5. The van der Waals surface area contributed by atoms with Gasteiger partial charge in [-0.15, -0.1) is 0 Å². The molecule has 0 bridgehead atoms. The van der Waals surface area contributed by atoms with Gasteiger partial charge in [-0.2, -0.15) is 0 Å². The van der Waals surface area contributed by atoms with Crippen molar-refractivity contribution in [1.29, 1.82) is 0 Å². The lowest BCUT2D eigenvalue weighted by Gasteiger charge is -2.18. The average Bonchev–Trinajstić information content (AvgIpc) is 3.34. The fraction of sp³-hybridized carbons (Fsp3) is 0.778. The maximum Gasteiger partial charge on any atom is 0.306 e. The van der Waals surface area contributed by atoms with Crippen molar-refractivity contribution in [3.05, 3.63) is 72.9 Å². The number of carbonyl (C=O) groups is 2. The molecule has 0 heterocycles. The van der Waals surface area contributed by atoms with Crippen molar-refractivity contribution < 1.29 is 23.8 Å². The van der Waals surface area contributed by atoms with Gasteiger partial charge in [0.15, 0.2) is 6.10 Å². The Morgan fingerprint density at radius 3 is 1.10 bits per heavy atom. The van der Waals surface area contributed by atoms with Crippen molar-refractivity contribution >= 4 is 11.9 Å². The number of carbonyl (C=O) groups excluding carboxylic acids is 2. The topological polar surface area (TPSA) is 61.8 Å². The average molecular weight is 950 g/mol. The number of hydrogen-bond donors (Lipinski definition) is 0. The predicted molar refractivity (Wildman–Crippen MR) is 297 cm³/mol. The molecule has 0 aromatic carbocycles. The molecule has 0 aliphatic carbocycles. The van der Waals surface area contributed by atoms with Gasteiger partial charge in [0.05, 0.1) is 6.61 Å². The van der Waals surface area contributed by atoms with Gasteiger partial charge >= 0.3 is 11.9 Å². The molecule has 1 atom stereocenters. The summed E-state index contributed by atoms with van der Waals surface area (Å²) in [6.45, 7) is 7.69. The second-order valence-electron chi connectivity index (χ2n) is 19.5. The first-order valence-electron chi connectivity index (χ1n) is 29.5. The van der Waals surface area contributed by atoms with E-state index in [1.165, 1.54) is 173 Å². The molecule has 5 nitrogen and oxygen atoms in total. The highest BCUT2D eigenvalue weighted by molar-refractivity contribution is 5.70. The van der Waals surface area contributed by atoms with Gasteiger partial charge in [-0.1, -0.05) is 241 Å². The first kappa shape index (κ1) is 65.3. The summed E-state index contributed by atoms with van der Waals surface area (Å²) < 4.78 is 17.5. The number of allylic oxidation sites excluding steroid dienone is 12. The van der Waals surface area contributed by atoms with Crippen LogP contribution >= 0.6 is 0 Å². The van der Waals surface area contributed by atoms with Gasteiger partial charge in [0.2, 0.25) is 0 Å². The summed E-state index contributed by atoms with van der Waals surface area (Å²) in [6, 6.07) is 0. The maximum absolute atomic E-state index is 12.9. The van der Waals surface area contributed by atoms with Gasteiger partial charge in [-0.05, 0) is 109 Å². The van der Waals surface area contributed by atoms with Crippen molar-refractivity contribution in [3.8, 4) is 0 Å². The highest BCUT2D eigenvalue weighted by atomic mass is 16.6. The molecule has 0 aromatic heterocycles. The van der Waals surface area contributed by atoms with E-state index in [0.717, 1.165) is 83.5 Å². The van der Waals surface area contributed by atoms with Gasteiger partial charge in [0, 0.05) is 19.4 Å². The Hall–Kier alpha value is -2.66. The van der Waals surface area contributed by atoms with Crippen molar-refractivity contribution in [3.63, 3.8) is 0 Å². The van der Waals surface area contributed by atoms with Crippen LogP contribution in [0.4, 0.5) is 0 Å². The highest BCUT2D eigenvalue weighted by Gasteiger charge is 2.17. The van der Waals surface area contributed by atoms with E-state index in [1.807, 2.05) is 0 Å². The summed E-state index contributed by atoms with van der Waals surface area (Å²) in [5.41, 5.74) is 0. The predicted octanol–water partition coefficient (Wildman–Crippen LogP) is 20.2. The molecule has 0 saturated heterocycles. The van der Waals surface area contributed by atoms with Crippen LogP contribution in [0.25, 0.3) is 0 Å². The third kappa shape index (κ3) is 55.9. The fourth-order valence-corrected chi connectivity index (χ4v) is 8.32. The Kier molecular flexibility index (Phi) is 56.4. The van der Waals surface area contributed by atoms with Crippen LogP contribution in [-0.2, 0) is 23.8 Å². The zero-order chi connectivity index (χ0) is 49.2. The van der Waals surface area contributed by atoms with Crippen molar-refractivity contribution in [1.82, 2.24) is 0 Å². The van der Waals surface area contributed by atoms with E-state index in [-0.39, 0.29) is 25.2 Å². The van der Waals surface area contributed by atoms with Crippen LogP contribution in [0, 0.1) is 0 Å². The van der Waals surface area contributed by atoms with E-state index in [1.54, 1.807) is 0 Å². The molecule has 0 aromatic rings. The second-order valence-corrected chi connectivity index (χ2v) is 19.5. The summed E-state index contributed by atoms with van der Waals surface area (Å²) in [5, 5.41) is 0. The summed E-state index contributed by atoms with van der Waals surface area (Å²) in [5.74, 6) is -0.418.